The van der Waals surface area contributed by atoms with Crippen LogP contribution in [-0.4, -0.2) is 26.7 Å². The zero-order valence-electron chi connectivity index (χ0n) is 12.5. The minimum atomic E-state index is -3.91. The molecule has 0 saturated carbocycles. The van der Waals surface area contributed by atoms with Crippen molar-refractivity contribution in [3.63, 3.8) is 0 Å². The molecule has 0 fully saturated rings. The highest BCUT2D eigenvalue weighted by Gasteiger charge is 2.29. The quantitative estimate of drug-likeness (QED) is 0.855. The number of nitrogens with one attached hydrogen (secondary N) is 1. The van der Waals surface area contributed by atoms with Gasteiger partial charge in [-0.15, -0.1) is 0 Å². The van der Waals surface area contributed by atoms with Crippen LogP contribution in [0.3, 0.4) is 0 Å². The summed E-state index contributed by atoms with van der Waals surface area (Å²) in [6.45, 7) is 0. The fourth-order valence-electron chi connectivity index (χ4n) is 2.71. The van der Waals surface area contributed by atoms with Gasteiger partial charge >= 0.3 is 5.97 Å². The average molecular weight is 336 g/mol. The highest BCUT2D eigenvalue weighted by Crippen LogP contribution is 2.30. The molecule has 1 atom stereocenters. The van der Waals surface area contributed by atoms with Crippen LogP contribution in [0.4, 0.5) is 0 Å². The van der Waals surface area contributed by atoms with Crippen LogP contribution in [0.2, 0.25) is 0 Å². The lowest BCUT2D eigenvalue weighted by molar-refractivity contribution is 0.0588. The van der Waals surface area contributed by atoms with Crippen LogP contribution in [0.1, 0.15) is 40.5 Å². The summed E-state index contributed by atoms with van der Waals surface area (Å²) in [6, 6.07) is 8.48. The number of ether oxygens (including phenoxy) is 1. The molecule has 0 amide bonds. The molecule has 0 spiro atoms. The maximum Gasteiger partial charge on any atom is 0.360 e. The first kappa shape index (κ1) is 15.7. The van der Waals surface area contributed by atoms with Gasteiger partial charge in [0.2, 0.25) is 0 Å². The van der Waals surface area contributed by atoms with E-state index in [0.29, 0.717) is 6.42 Å². The fraction of sp³-hybridized carbons (Fsp3) is 0.333. The normalized spacial score (nSPS) is 17.5. The second-order valence-electron chi connectivity index (χ2n) is 5.29. The lowest BCUT2D eigenvalue weighted by atomic mass is 9.88. The number of rotatable bonds is 4. The molecule has 122 valence electrons. The third-order valence-electron chi connectivity index (χ3n) is 3.81. The highest BCUT2D eigenvalue weighted by molar-refractivity contribution is 7.89. The zero-order valence-corrected chi connectivity index (χ0v) is 13.3. The molecular weight excluding hydrogens is 320 g/mol. The largest absolute Gasteiger partial charge is 0.464 e. The van der Waals surface area contributed by atoms with Gasteiger partial charge in [0.15, 0.2) is 5.69 Å². The lowest BCUT2D eigenvalue weighted by Gasteiger charge is -2.25. The number of fused-ring (bicyclic) bond motifs is 1. The average Bonchev–Trinajstić information content (AvgIpc) is 3.05. The first-order chi connectivity index (χ1) is 11.0. The van der Waals surface area contributed by atoms with Gasteiger partial charge in [-0.2, -0.15) is 0 Å². The van der Waals surface area contributed by atoms with Crippen molar-refractivity contribution in [1.29, 1.82) is 0 Å². The molecule has 8 heteroatoms. The van der Waals surface area contributed by atoms with Crippen molar-refractivity contribution in [2.75, 3.05) is 7.11 Å². The summed E-state index contributed by atoms with van der Waals surface area (Å²) in [6.07, 6.45) is 2.53. The van der Waals surface area contributed by atoms with Gasteiger partial charge in [-0.05, 0) is 30.4 Å². The number of benzene rings is 1. The molecule has 2 aromatic rings. The van der Waals surface area contributed by atoms with Crippen LogP contribution in [0, 0.1) is 0 Å². The smallest absolute Gasteiger partial charge is 0.360 e. The summed E-state index contributed by atoms with van der Waals surface area (Å²) in [4.78, 5) is 11.3. The van der Waals surface area contributed by atoms with Crippen molar-refractivity contribution in [1.82, 2.24) is 9.88 Å². The third kappa shape index (κ3) is 3.13. The molecule has 0 aliphatic heterocycles. The van der Waals surface area contributed by atoms with Crippen LogP contribution < -0.4 is 4.72 Å². The summed E-state index contributed by atoms with van der Waals surface area (Å²) in [7, 11) is -2.73. The van der Waals surface area contributed by atoms with Crippen LogP contribution >= 0.6 is 0 Å². The molecular formula is C15H16N2O5S. The van der Waals surface area contributed by atoms with Gasteiger partial charge in [0.25, 0.3) is 15.1 Å². The second-order valence-corrected chi connectivity index (χ2v) is 6.93. The molecule has 1 N–H and O–H groups in total. The molecule has 23 heavy (non-hydrogen) atoms. The van der Waals surface area contributed by atoms with Crippen molar-refractivity contribution in [3.8, 4) is 0 Å². The summed E-state index contributed by atoms with van der Waals surface area (Å²) in [5.41, 5.74) is 1.92. The number of methoxy groups -OCH3 is 1. The predicted molar refractivity (Wildman–Crippen MR) is 80.3 cm³/mol. The minimum absolute atomic E-state index is 0.183. The molecule has 1 heterocycles. The van der Waals surface area contributed by atoms with E-state index in [-0.39, 0.29) is 11.7 Å². The minimum Gasteiger partial charge on any atom is -0.464 e. The summed E-state index contributed by atoms with van der Waals surface area (Å²) >= 11 is 0. The van der Waals surface area contributed by atoms with E-state index in [9.17, 15) is 13.2 Å². The van der Waals surface area contributed by atoms with Crippen LogP contribution in [0.15, 0.2) is 39.9 Å². The molecule has 1 aliphatic carbocycles. The van der Waals surface area contributed by atoms with Gasteiger partial charge in [-0.25, -0.2) is 17.9 Å². The Labute approximate surface area is 133 Å². The van der Waals surface area contributed by atoms with Gasteiger partial charge < -0.3 is 9.26 Å². The highest BCUT2D eigenvalue weighted by atomic mass is 32.2. The third-order valence-corrected chi connectivity index (χ3v) is 5.13. The van der Waals surface area contributed by atoms with Crippen LogP contribution in [-0.2, 0) is 21.2 Å². The van der Waals surface area contributed by atoms with Gasteiger partial charge in [0.05, 0.1) is 7.11 Å². The van der Waals surface area contributed by atoms with Gasteiger partial charge in [-0.3, -0.25) is 0 Å². The van der Waals surface area contributed by atoms with Crippen molar-refractivity contribution < 1.29 is 22.5 Å². The van der Waals surface area contributed by atoms with Gasteiger partial charge in [0.1, 0.15) is 0 Å². The van der Waals surface area contributed by atoms with Crippen molar-refractivity contribution in [2.45, 2.75) is 30.4 Å². The fourth-order valence-corrected chi connectivity index (χ4v) is 3.85. The summed E-state index contributed by atoms with van der Waals surface area (Å²) < 4.78 is 36.8. The standard InChI is InChI=1S/C15H16N2O5S/c1-21-15(18)13-9-14(22-16-13)23(19,20)17-12-8-4-6-10-5-2-3-7-11(10)12/h2-3,5,7,9,12,17H,4,6,8H2,1H3/t12-/m0/s1. The first-order valence-corrected chi connectivity index (χ1v) is 8.65. The molecule has 1 aromatic carbocycles. The Balaban J connectivity index is 1.85. The number of aromatic nitrogens is 1. The Morgan fingerprint density at radius 1 is 1.39 bits per heavy atom. The number of esters is 1. The number of hydrogen-bond donors (Lipinski definition) is 1. The Bertz CT molecular complexity index is 828. The van der Waals surface area contributed by atoms with E-state index in [1.165, 1.54) is 7.11 Å². The topological polar surface area (TPSA) is 98.5 Å². The van der Waals surface area contributed by atoms with Crippen molar-refractivity contribution >= 4 is 16.0 Å². The zero-order chi connectivity index (χ0) is 16.4. The lowest BCUT2D eigenvalue weighted by Crippen LogP contribution is -2.30. The molecule has 1 aromatic heterocycles. The van der Waals surface area contributed by atoms with Gasteiger partial charge in [0, 0.05) is 12.1 Å². The Morgan fingerprint density at radius 3 is 2.96 bits per heavy atom. The van der Waals surface area contributed by atoms with Gasteiger partial charge in [-0.1, -0.05) is 29.4 Å². The molecule has 0 saturated heterocycles. The molecule has 0 radical (unpaired) electrons. The molecule has 3 rings (SSSR count). The number of carbonyl (C=O) groups excluding carboxylic acids is 1. The number of hydrogen-bond acceptors (Lipinski definition) is 6. The number of carbonyl (C=O) groups is 1. The molecule has 0 bridgehead atoms. The van der Waals surface area contributed by atoms with E-state index in [2.05, 4.69) is 14.6 Å². The molecule has 1 aliphatic rings. The van der Waals surface area contributed by atoms with E-state index in [0.717, 1.165) is 30.0 Å². The van der Waals surface area contributed by atoms with Crippen molar-refractivity contribution in [2.24, 2.45) is 0 Å². The molecule has 7 nitrogen and oxygen atoms in total. The van der Waals surface area contributed by atoms with Crippen LogP contribution in [0.5, 0.6) is 0 Å². The first-order valence-electron chi connectivity index (χ1n) is 7.16. The monoisotopic (exact) mass is 336 g/mol. The van der Waals surface area contributed by atoms with Crippen LogP contribution in [0.25, 0.3) is 0 Å². The van der Waals surface area contributed by atoms with E-state index in [4.69, 9.17) is 4.52 Å². The Morgan fingerprint density at radius 2 is 2.17 bits per heavy atom. The maximum absolute atomic E-state index is 12.4. The SMILES string of the molecule is COC(=O)c1cc(S(=O)(=O)N[C@H]2CCCc3ccccc32)on1. The maximum atomic E-state index is 12.4. The Hall–Kier alpha value is -2.19. The number of nitrogens with zero attached hydrogens (tertiary/aromatic N) is 1. The molecule has 0 unspecified atom stereocenters. The van der Waals surface area contributed by atoms with E-state index >= 15 is 0 Å². The summed E-state index contributed by atoms with van der Waals surface area (Å²) in [5, 5.41) is 3.02. The van der Waals surface area contributed by atoms with E-state index < -0.39 is 21.1 Å². The van der Waals surface area contributed by atoms with E-state index in [1.54, 1.807) is 0 Å². The number of sulfonamides is 1. The summed E-state index contributed by atoms with van der Waals surface area (Å²) in [5.74, 6) is -0.752. The second kappa shape index (κ2) is 6.13. The van der Waals surface area contributed by atoms with E-state index in [1.807, 2.05) is 24.3 Å². The predicted octanol–water partition coefficient (Wildman–Crippen LogP) is 1.82. The Kier molecular flexibility index (Phi) is 4.18. The number of aryl methyl sites for hydroxylation is 1. The van der Waals surface area contributed by atoms with Crippen molar-refractivity contribution in [3.05, 3.63) is 47.2 Å².